The predicted molar refractivity (Wildman–Crippen MR) is 452 cm³/mol. The Kier molecular flexibility index (Phi) is 31.7. The van der Waals surface area contributed by atoms with Gasteiger partial charge >= 0.3 is 6.03 Å². The van der Waals surface area contributed by atoms with E-state index in [4.69, 9.17) is 78.5 Å². The molecule has 35 nitrogen and oxygen atoms in total. The summed E-state index contributed by atoms with van der Waals surface area (Å²) in [4.78, 5) is 142. The number of nitrogens with two attached hydrogens (primary N) is 4. The van der Waals surface area contributed by atoms with Gasteiger partial charge < -0.3 is 73.8 Å². The van der Waals surface area contributed by atoms with E-state index in [1.165, 1.54) is 26.9 Å². The van der Waals surface area contributed by atoms with Crippen molar-refractivity contribution in [1.82, 2.24) is 56.2 Å². The van der Waals surface area contributed by atoms with Crippen molar-refractivity contribution in [3.8, 4) is 0 Å². The third-order valence-corrected chi connectivity index (χ3v) is 20.2. The van der Waals surface area contributed by atoms with Crippen LogP contribution in [-0.4, -0.2) is 223 Å². The second-order valence-electron chi connectivity index (χ2n) is 26.6. The lowest BCUT2D eigenvalue weighted by atomic mass is 9.89. The second-order valence-corrected chi connectivity index (χ2v) is 27.8. The molecule has 8 fully saturated rings. The highest BCUT2D eigenvalue weighted by Crippen LogP contribution is 2.45. The Bertz CT molecular complexity index is 4120. The fourth-order valence-electron chi connectivity index (χ4n) is 14.2. The Balaban J connectivity index is 0.000000178. The highest BCUT2D eigenvalue weighted by atomic mass is 32.1. The van der Waals surface area contributed by atoms with Gasteiger partial charge in [-0.2, -0.15) is 15.0 Å². The van der Waals surface area contributed by atoms with Gasteiger partial charge in [-0.3, -0.25) is 73.6 Å². The number of para-hydroxylation sites is 2. The molecule has 3 aromatic carbocycles. The van der Waals surface area contributed by atoms with Crippen molar-refractivity contribution in [3.63, 3.8) is 0 Å². The van der Waals surface area contributed by atoms with Crippen molar-refractivity contribution < 1.29 is 62.1 Å². The minimum Gasteiger partial charge on any atom is -0.370 e. The predicted octanol–water partition coefficient (Wildman–Crippen LogP) is 2.42. The number of hydrogen-bond donors (Lipinski definition) is 12. The maximum Gasteiger partial charge on any atom is 0.321 e. The van der Waals surface area contributed by atoms with E-state index in [1.807, 2.05) is 91.0 Å². The van der Waals surface area contributed by atoms with Crippen LogP contribution < -0.4 is 65.5 Å². The Hall–Kier alpha value is -12.7. The summed E-state index contributed by atoms with van der Waals surface area (Å²) in [6, 6.07) is 29.2. The van der Waals surface area contributed by atoms with Crippen LogP contribution in [0.25, 0.3) is 0 Å². The Labute approximate surface area is 691 Å². The van der Waals surface area contributed by atoms with Gasteiger partial charge in [0.05, 0.1) is 103 Å². The number of thiocarbonyl (C=S) groups is 3. The van der Waals surface area contributed by atoms with Gasteiger partial charge in [0, 0.05) is 76.1 Å². The molecule has 0 bridgehead atoms. The van der Waals surface area contributed by atoms with Gasteiger partial charge in [0.2, 0.25) is 71.1 Å². The zero-order valence-corrected chi connectivity index (χ0v) is 66.0. The molecule has 614 valence electrons. The number of guanidine groups is 4. The summed E-state index contributed by atoms with van der Waals surface area (Å²) in [6.07, 6.45) is 11.5. The minimum absolute atomic E-state index is 0.0105. The highest BCUT2D eigenvalue weighted by molar-refractivity contribution is 7.80. The summed E-state index contributed by atoms with van der Waals surface area (Å²) in [5.74, 6) is -6.37. The number of imide groups is 4. The number of anilines is 3. The molecule has 12 rings (SSSR count). The number of amides is 10. The van der Waals surface area contributed by atoms with Crippen molar-refractivity contribution in [2.24, 2.45) is 90.2 Å². The maximum absolute atomic E-state index is 12.7. The molecule has 16 atom stereocenters. The number of carbonyl (C=O) groups excluding carboxylic acids is 9. The van der Waals surface area contributed by atoms with Gasteiger partial charge in [-0.05, 0) is 72.5 Å². The molecule has 16 unspecified atom stereocenters. The van der Waals surface area contributed by atoms with Crippen molar-refractivity contribution in [2.75, 3.05) is 68.3 Å². The van der Waals surface area contributed by atoms with Gasteiger partial charge in [0.1, 0.15) is 0 Å². The standard InChI is InChI=1S/C21H25N5O4.2C20H23N5O3S.C18H21N7O3S/c1-3-14-16-17(15(4-2)30-14)19(28)26(18(16)27)11-10-23-20(22)25-21(29)24-12-13-8-6-5-7-9-13;2*1-3-13-15-16(14(4-2)28-13)18(27)25(17(15)26)11-10-22-20(29)24-19(21)23-12-8-6-5-7-9-12;1-3-10-12-13(11(4-2)28-10)15(27)25(14(12)26)9-8-22-18(29)24-16(19)23-17-20-6-5-7-21-17/h3-9,14-17H,1-2,10-12H2,(H4,22,23,24,25,29);2*3-9,13-16H,1-2,10-11H2,(H4,21,22,23,24,29);3-7,10-13H,1-2,8-9H2,(H4,19,20,21,22,23,24,29). The number of aromatic nitrogens is 2. The van der Waals surface area contributed by atoms with Crippen LogP contribution in [0.3, 0.4) is 0 Å². The van der Waals surface area contributed by atoms with Gasteiger partial charge in [-0.25, -0.2) is 14.8 Å². The van der Waals surface area contributed by atoms with Crippen molar-refractivity contribution in [2.45, 2.75) is 55.4 Å². The molecule has 8 saturated heterocycles. The van der Waals surface area contributed by atoms with E-state index in [-0.39, 0.29) is 145 Å². The van der Waals surface area contributed by atoms with E-state index in [1.54, 1.807) is 54.9 Å². The first-order chi connectivity index (χ1) is 56.3. The maximum atomic E-state index is 12.7. The number of urea groups is 1. The third-order valence-electron chi connectivity index (χ3n) is 19.4. The number of hydrogen-bond acceptors (Lipinski definition) is 19. The number of aliphatic imine (C=N–C) groups is 4. The molecule has 38 heteroatoms. The molecule has 4 aromatic rings. The van der Waals surface area contributed by atoms with Crippen LogP contribution in [0.5, 0.6) is 0 Å². The number of ether oxygens (including phenoxy) is 4. The minimum atomic E-state index is -0.596. The number of likely N-dealkylation sites (tertiary alicyclic amines) is 4. The van der Waals surface area contributed by atoms with Gasteiger partial charge in [0.15, 0.2) is 21.3 Å². The Morgan fingerprint density at radius 2 is 0.658 bits per heavy atom. The molecule has 0 radical (unpaired) electrons. The molecule has 10 amide bonds. The average Bonchev–Trinajstić information content (AvgIpc) is 1.62. The first-order valence-electron chi connectivity index (χ1n) is 36.8. The van der Waals surface area contributed by atoms with Gasteiger partial charge in [0.25, 0.3) is 0 Å². The fourth-order valence-corrected chi connectivity index (χ4v) is 14.8. The van der Waals surface area contributed by atoms with E-state index < -0.39 is 102 Å². The monoisotopic (exact) mass is 1650 g/mol. The summed E-state index contributed by atoms with van der Waals surface area (Å²) in [7, 11) is 0. The summed E-state index contributed by atoms with van der Waals surface area (Å²) < 4.78 is 22.7. The third kappa shape index (κ3) is 21.8. The van der Waals surface area contributed by atoms with Gasteiger partial charge in [-0.15, -0.1) is 52.6 Å². The normalized spacial score (nSPS) is 26.1. The van der Waals surface area contributed by atoms with Crippen LogP contribution in [-0.2, 0) is 63.8 Å². The topological polar surface area (TPSA) is 479 Å². The smallest absolute Gasteiger partial charge is 0.321 e. The van der Waals surface area contributed by atoms with E-state index in [0.717, 1.165) is 21.8 Å². The van der Waals surface area contributed by atoms with Crippen LogP contribution in [0, 0.1) is 47.3 Å². The molecular weight excluding hydrogens is 1560 g/mol. The van der Waals surface area contributed by atoms with Crippen LogP contribution in [0.1, 0.15) is 5.56 Å². The van der Waals surface area contributed by atoms with Crippen molar-refractivity contribution in [3.05, 3.63) is 216 Å². The molecule has 0 spiro atoms. The van der Waals surface area contributed by atoms with Crippen molar-refractivity contribution in [1.29, 1.82) is 0 Å². The van der Waals surface area contributed by atoms with Crippen LogP contribution >= 0.6 is 36.7 Å². The summed E-state index contributed by atoms with van der Waals surface area (Å²) in [6.45, 7) is 31.2. The lowest BCUT2D eigenvalue weighted by Gasteiger charge is -2.19. The lowest BCUT2D eigenvalue weighted by molar-refractivity contribution is -0.144. The molecule has 0 aliphatic carbocycles. The molecule has 8 aliphatic heterocycles. The highest BCUT2D eigenvalue weighted by Gasteiger charge is 2.62. The summed E-state index contributed by atoms with van der Waals surface area (Å²) in [5, 5.41) is 22.6. The van der Waals surface area contributed by atoms with E-state index in [9.17, 15) is 43.2 Å². The molecular formula is C79H92N22O13S3. The SMILES string of the molecule is C=CC1OC(C=C)C2C(=O)N(CCN=C(N)NC(=O)NCc3ccccc3)C(=O)C12.C=CC1OC(C=C)C2C(=O)N(CCNC(=S)N=C(N)Nc3ccccc3)C(=O)C12.C=CC1OC(C=C)C2C(=O)N(CCNC(=S)N=C(N)Nc3ccccc3)C(=O)C12.C=CC1OC(C=C)C2C(=O)N(CCNC(=S)N=C(N)Nc3ncccn3)C(=O)C12. The van der Waals surface area contributed by atoms with E-state index >= 15 is 0 Å². The molecule has 117 heavy (non-hydrogen) atoms. The van der Waals surface area contributed by atoms with Crippen molar-refractivity contribution >= 4 is 146 Å². The van der Waals surface area contributed by atoms with Crippen LogP contribution in [0.2, 0.25) is 0 Å². The van der Waals surface area contributed by atoms with Gasteiger partial charge in [-0.1, -0.05) is 115 Å². The molecule has 8 aliphatic rings. The van der Waals surface area contributed by atoms with Crippen LogP contribution in [0.15, 0.2) is 231 Å². The fraction of sp³-hybridized carbons (Fsp3) is 0.316. The largest absolute Gasteiger partial charge is 0.370 e. The summed E-state index contributed by atoms with van der Waals surface area (Å²) in [5.41, 5.74) is 25.6. The number of nitrogens with one attached hydrogen (secondary N) is 8. The number of carbonyl (C=O) groups is 9. The number of fused-ring (bicyclic) bond motifs is 4. The van der Waals surface area contributed by atoms with E-state index in [2.05, 4.69) is 125 Å². The van der Waals surface area contributed by atoms with E-state index in [0.29, 0.717) is 6.54 Å². The Morgan fingerprint density at radius 3 is 0.949 bits per heavy atom. The number of rotatable bonds is 25. The lowest BCUT2D eigenvalue weighted by Crippen LogP contribution is -2.43. The molecule has 16 N–H and O–H groups in total. The first-order valence-corrected chi connectivity index (χ1v) is 38.0. The Morgan fingerprint density at radius 1 is 0.385 bits per heavy atom. The van der Waals surface area contributed by atoms with Crippen LogP contribution in [0.4, 0.5) is 22.1 Å². The molecule has 1 aromatic heterocycles. The first kappa shape index (κ1) is 88.2. The zero-order valence-electron chi connectivity index (χ0n) is 63.6. The summed E-state index contributed by atoms with van der Waals surface area (Å²) >= 11 is 15.4. The zero-order chi connectivity index (χ0) is 84.6. The molecule has 9 heterocycles. The average molecular weight is 1650 g/mol. The molecule has 0 saturated carbocycles. The number of benzene rings is 3. The second kappa shape index (κ2) is 42.1. The quantitative estimate of drug-likeness (QED) is 0.0149. The number of nitrogens with zero attached hydrogens (tertiary/aromatic N) is 10.